The van der Waals surface area contributed by atoms with Crippen molar-refractivity contribution in [1.29, 1.82) is 0 Å². The number of imidazole rings is 1. The molecule has 708 valence electrons. The number of carboxylic acid groups (broad SMARTS) is 2. The van der Waals surface area contributed by atoms with E-state index in [4.69, 9.17) is 11.5 Å². The third-order valence-corrected chi connectivity index (χ3v) is 23.1. The van der Waals surface area contributed by atoms with Crippen molar-refractivity contribution in [3.05, 3.63) is 150 Å². The number of hydrogen-bond donors (Lipinski definition) is 23. The summed E-state index contributed by atoms with van der Waals surface area (Å²) in [5.74, 6) is -22.7. The van der Waals surface area contributed by atoms with Crippen LogP contribution in [-0.2, 0) is 118 Å². The number of nitrogens with two attached hydrogens (primary N) is 2. The normalized spacial score (nSPS) is 21.3. The number of carboxylic acids is 2. The summed E-state index contributed by atoms with van der Waals surface area (Å²) in [7, 11) is 1.40. The molecule has 0 bridgehead atoms. The lowest BCUT2D eigenvalue weighted by Gasteiger charge is -2.30. The second-order valence-corrected chi connectivity index (χ2v) is 34.7. The molecule has 43 nitrogen and oxygen atoms in total. The van der Waals surface area contributed by atoms with Crippen LogP contribution in [0.1, 0.15) is 121 Å². The highest BCUT2D eigenvalue weighted by molar-refractivity contribution is 8.76. The molecule has 3 aromatic heterocycles. The topological polar surface area (TPSA) is 678 Å². The Bertz CT molecular complexity index is 4940. The Morgan fingerprint density at radius 2 is 1.17 bits per heavy atom. The molecule has 45 heteroatoms. The van der Waals surface area contributed by atoms with Crippen LogP contribution in [0.3, 0.4) is 0 Å². The zero-order valence-electron chi connectivity index (χ0n) is 73.2. The van der Waals surface area contributed by atoms with Gasteiger partial charge in [-0.3, -0.25) is 91.3 Å². The molecule has 3 aromatic carbocycles. The molecule has 25 N–H and O–H groups in total. The highest BCUT2D eigenvalue weighted by Gasteiger charge is 2.40. The third-order valence-electron chi connectivity index (χ3n) is 20.7. The predicted octanol–water partition coefficient (Wildman–Crippen LogP) is -3.12. The van der Waals surface area contributed by atoms with Crippen LogP contribution in [0.25, 0.3) is 10.9 Å². The standard InChI is InChI=1S/C86H115N21O22S2/c1-44(2)31-60-82(125)106-71(45(3)4)85(128)103-63(34-51-38-91-56-21-12-11-20-55(51)56)79(122)105-67(84(127)107-72(47(6)108)86(129)102-62(32-49-17-9-8-10-18-49)77(120)98-59(73(88)116)35-52-19-14-16-30-90-52)42-131-130-41-66(104-81(124)65(37-70(114)115)95-48(7)109)83(126)94-46(5)74(117)99-61(33-50-23-25-54(110)26-24-50)78(121)101-64(36-53-39-89-43-93-53)80(123)97-57(22-13-15-29-87)75(118)92-40-68(111)96-58(76(119)100-60)27-28-69(112)113/h8-12,14,16-21,23-26,30,38-39,43-47,57-67,71-72,91,108,110H,13,15,22,27-29,31-37,40-42,87H2,1-7H3,(H2,88,116)(H,89,93)(H,92,118)(H,94,126)(H,95,109)(H,96,111)(H,97,123)(H,98,120)(H,99,117)(H,100,119)(H,101,121)(H,102,129)(H,103,128)(H,104,124)(H,105,122)(H,106,125)(H,107,127)(H,112,113)(H,114,115)/t46-,47+,57-,58-,59+,60-,61-,62-,63-,64-,65-,66-,67-,71-,72-/m0/s1. The number of pyridine rings is 1. The van der Waals surface area contributed by atoms with Crippen LogP contribution in [0.2, 0.25) is 0 Å². The summed E-state index contributed by atoms with van der Waals surface area (Å²) in [5, 5.41) is 80.0. The Balaban J connectivity index is 1.34. The molecule has 1 aliphatic heterocycles. The highest BCUT2D eigenvalue weighted by atomic mass is 33.1. The Kier molecular flexibility index (Phi) is 41.6. The average molecular weight is 1860 g/mol. The van der Waals surface area contributed by atoms with Gasteiger partial charge in [-0.25, -0.2) is 4.98 Å². The van der Waals surface area contributed by atoms with Gasteiger partial charge in [0.05, 0.1) is 25.4 Å². The van der Waals surface area contributed by atoms with Gasteiger partial charge in [-0.05, 0) is 111 Å². The van der Waals surface area contributed by atoms with Gasteiger partial charge in [0.2, 0.25) is 94.5 Å². The van der Waals surface area contributed by atoms with Gasteiger partial charge in [0.25, 0.3) is 0 Å². The van der Waals surface area contributed by atoms with E-state index < -0.39 is 253 Å². The number of para-hydroxylation sites is 1. The quantitative estimate of drug-likeness (QED) is 0.0143. The first-order chi connectivity index (χ1) is 62.2. The number of unbranched alkanes of at least 4 members (excludes halogenated alkanes) is 1. The Labute approximate surface area is 761 Å². The number of nitrogens with zero attached hydrogens (tertiary/aromatic N) is 2. The van der Waals surface area contributed by atoms with Gasteiger partial charge in [0, 0.05) is 97.8 Å². The summed E-state index contributed by atoms with van der Waals surface area (Å²) in [5.41, 5.74) is 14.0. The summed E-state index contributed by atoms with van der Waals surface area (Å²) >= 11 is 0. The second-order valence-electron chi connectivity index (χ2n) is 32.2. The van der Waals surface area contributed by atoms with Gasteiger partial charge in [-0.15, -0.1) is 0 Å². The maximum atomic E-state index is 15.6. The maximum absolute atomic E-state index is 15.6. The summed E-state index contributed by atoms with van der Waals surface area (Å²) in [6.45, 7) is 8.94. The summed E-state index contributed by atoms with van der Waals surface area (Å²) in [6, 6.07) is 1.56. The Morgan fingerprint density at radius 3 is 1.80 bits per heavy atom. The number of phenolic OH excluding ortho intramolecular Hbond substituents is 1. The fraction of sp³-hybridized carbons (Fsp3) is 0.465. The van der Waals surface area contributed by atoms with E-state index in [-0.39, 0.29) is 62.9 Å². The lowest BCUT2D eigenvalue weighted by molar-refractivity contribution is -0.141. The molecular weight excluding hydrogens is 1740 g/mol. The van der Waals surface area contributed by atoms with Crippen molar-refractivity contribution in [2.75, 3.05) is 24.6 Å². The van der Waals surface area contributed by atoms with Crippen LogP contribution >= 0.6 is 21.6 Å². The average Bonchev–Trinajstić information content (AvgIpc) is 1.78. The molecule has 0 aliphatic carbocycles. The first kappa shape index (κ1) is 104. The van der Waals surface area contributed by atoms with E-state index in [9.17, 15) is 92.3 Å². The van der Waals surface area contributed by atoms with E-state index in [0.717, 1.165) is 13.8 Å². The minimum atomic E-state index is -2.02. The smallest absolute Gasteiger partial charge is 0.305 e. The third kappa shape index (κ3) is 34.8. The van der Waals surface area contributed by atoms with E-state index in [1.54, 1.807) is 92.8 Å². The minimum Gasteiger partial charge on any atom is -0.508 e. The van der Waals surface area contributed by atoms with Crippen molar-refractivity contribution < 1.29 is 107 Å². The van der Waals surface area contributed by atoms with Gasteiger partial charge in [0.1, 0.15) is 90.3 Å². The summed E-state index contributed by atoms with van der Waals surface area (Å²) < 4.78 is 0. The zero-order chi connectivity index (χ0) is 96.1. The summed E-state index contributed by atoms with van der Waals surface area (Å²) in [4.78, 5) is 271. The lowest BCUT2D eigenvalue weighted by atomic mass is 9.98. The van der Waals surface area contributed by atoms with Gasteiger partial charge in [0.15, 0.2) is 0 Å². The molecule has 15 atom stereocenters. The number of aromatic amines is 2. The van der Waals surface area contributed by atoms with Crippen molar-refractivity contribution in [3.63, 3.8) is 0 Å². The largest absolute Gasteiger partial charge is 0.508 e. The number of carbonyl (C=O) groups excluding carboxylic acids is 16. The number of carbonyl (C=O) groups is 18. The highest BCUT2D eigenvalue weighted by Crippen LogP contribution is 2.26. The van der Waals surface area contributed by atoms with E-state index in [1.807, 2.05) is 0 Å². The molecule has 7 rings (SSSR count). The number of aromatic nitrogens is 4. The van der Waals surface area contributed by atoms with Crippen molar-refractivity contribution >= 4 is 139 Å². The maximum Gasteiger partial charge on any atom is 0.305 e. The van der Waals surface area contributed by atoms with E-state index in [2.05, 4.69) is 99.7 Å². The molecule has 131 heavy (non-hydrogen) atoms. The number of hydrogen-bond acceptors (Lipinski definition) is 25. The number of aliphatic hydroxyl groups is 1. The molecule has 0 spiro atoms. The molecule has 6 aromatic rings. The van der Waals surface area contributed by atoms with E-state index in [1.165, 1.54) is 63.8 Å². The van der Waals surface area contributed by atoms with Crippen LogP contribution in [0.15, 0.2) is 122 Å². The number of rotatable bonds is 33. The van der Waals surface area contributed by atoms with Crippen molar-refractivity contribution in [3.8, 4) is 5.75 Å². The van der Waals surface area contributed by atoms with Gasteiger partial charge < -0.3 is 122 Å². The van der Waals surface area contributed by atoms with Gasteiger partial charge in [-0.2, -0.15) is 0 Å². The predicted molar refractivity (Wildman–Crippen MR) is 478 cm³/mol. The number of benzene rings is 3. The number of amides is 16. The molecular formula is C86H115N21O22S2. The molecule has 0 radical (unpaired) electrons. The van der Waals surface area contributed by atoms with Crippen molar-refractivity contribution in [2.45, 2.75) is 216 Å². The molecule has 4 heterocycles. The number of H-pyrrole nitrogens is 2. The van der Waals surface area contributed by atoms with Crippen LogP contribution in [0.5, 0.6) is 5.75 Å². The SMILES string of the molecule is CC(=O)N[C@@H](CC(=O)O)C(=O)N[C@H]1CSSC[C@@H](C(=O)N[C@H](C(=O)N[C@@H](Cc2ccccc2)C(=O)N[C@H](Cc2ccccn2)C(N)=O)[C@@H](C)O)NC(=O)[C@H](Cc2c[nH]c3ccccc23)NC(=O)[C@H](C(C)C)NC(=O)[C@H](CC(C)C)NC(=O)[C@H](CCC(=O)O)NC(=O)CNC(=O)[C@H](CCCCN)NC(=O)[C@H](Cc2cnc[nH]2)NC(=O)[C@H](Cc2ccc(O)cc2)NC(=O)[C@H](C)NC1=O. The van der Waals surface area contributed by atoms with Crippen LogP contribution < -0.4 is 91.2 Å². The zero-order valence-corrected chi connectivity index (χ0v) is 74.8. The molecule has 1 aliphatic rings. The molecule has 0 unspecified atom stereocenters. The second kappa shape index (κ2) is 52.2. The number of primary amides is 1. The van der Waals surface area contributed by atoms with Crippen molar-refractivity contribution in [1.82, 2.24) is 99.7 Å². The van der Waals surface area contributed by atoms with Crippen LogP contribution in [0.4, 0.5) is 0 Å². The number of aromatic hydroxyl groups is 1. The fourth-order valence-electron chi connectivity index (χ4n) is 13.7. The minimum absolute atomic E-state index is 0.121. The van der Waals surface area contributed by atoms with Crippen LogP contribution in [0, 0.1) is 11.8 Å². The Morgan fingerprint density at radius 1 is 0.557 bits per heavy atom. The monoisotopic (exact) mass is 1860 g/mol. The molecule has 1 fully saturated rings. The first-order valence-electron chi connectivity index (χ1n) is 42.3. The lowest BCUT2D eigenvalue weighted by Crippen LogP contribution is -2.63. The number of phenols is 1. The number of aliphatic carboxylic acids is 2. The molecule has 1 saturated heterocycles. The van der Waals surface area contributed by atoms with E-state index in [0.29, 0.717) is 61.3 Å². The first-order valence-corrected chi connectivity index (χ1v) is 44.8. The number of nitrogens with one attached hydrogen (secondary N) is 17. The molecule has 0 saturated carbocycles. The summed E-state index contributed by atoms with van der Waals surface area (Å²) in [6.07, 6.45) is 0.109. The number of fused-ring (bicyclic) bond motifs is 1. The van der Waals surface area contributed by atoms with Gasteiger partial charge in [-0.1, -0.05) is 116 Å². The number of aliphatic hydroxyl groups excluding tert-OH is 1. The van der Waals surface area contributed by atoms with Gasteiger partial charge >= 0.3 is 11.9 Å². The molecule has 16 amide bonds. The van der Waals surface area contributed by atoms with Crippen LogP contribution in [-0.4, -0.2) is 262 Å². The Hall–Kier alpha value is -13.6. The van der Waals surface area contributed by atoms with Crippen molar-refractivity contribution in [2.24, 2.45) is 23.3 Å². The fourth-order valence-corrected chi connectivity index (χ4v) is 16.0. The van der Waals surface area contributed by atoms with E-state index >= 15 is 14.4 Å².